The van der Waals surface area contributed by atoms with E-state index in [-0.39, 0.29) is 0 Å². The minimum atomic E-state index is 0.608. The maximum Gasteiger partial charge on any atom is 0.0913 e. The highest BCUT2D eigenvalue weighted by Gasteiger charge is 2.63. The Morgan fingerprint density at radius 2 is 1.45 bits per heavy atom. The van der Waals surface area contributed by atoms with Crippen molar-refractivity contribution in [3.05, 3.63) is 24.3 Å². The summed E-state index contributed by atoms with van der Waals surface area (Å²) in [4.78, 5) is 0. The fourth-order valence-corrected chi connectivity index (χ4v) is 3.27. The molecule has 0 bridgehead atoms. The molecular formula is C10H10O. The number of ether oxygens (including phenoxy) is 1. The van der Waals surface area contributed by atoms with E-state index in [1.54, 1.807) is 0 Å². The van der Waals surface area contributed by atoms with Crippen molar-refractivity contribution in [1.82, 2.24) is 0 Å². The molecule has 1 heterocycles. The van der Waals surface area contributed by atoms with Crippen molar-refractivity contribution in [3.63, 3.8) is 0 Å². The third kappa shape index (κ3) is 0.416. The smallest absolute Gasteiger partial charge is 0.0913 e. The standard InChI is InChI=1S/C10H10O/c1-3-6-8-5(1)2-4-7(8)10-9(6)11-10/h1-10H/t5?,6?,7?,8?,9-,10+. The van der Waals surface area contributed by atoms with Crippen LogP contribution in [0.2, 0.25) is 0 Å². The first-order valence-electron chi connectivity index (χ1n) is 4.47. The number of hydrogen-bond acceptors (Lipinski definition) is 1. The van der Waals surface area contributed by atoms with Gasteiger partial charge in [-0.15, -0.1) is 0 Å². The van der Waals surface area contributed by atoms with Crippen LogP contribution in [0.15, 0.2) is 24.3 Å². The zero-order valence-corrected chi connectivity index (χ0v) is 6.18. The van der Waals surface area contributed by atoms with Gasteiger partial charge < -0.3 is 4.74 Å². The Bertz CT molecular complexity index is 253. The molecular weight excluding hydrogens is 136 g/mol. The summed E-state index contributed by atoms with van der Waals surface area (Å²) in [6.07, 6.45) is 10.7. The van der Waals surface area contributed by atoms with Gasteiger partial charge in [-0.3, -0.25) is 0 Å². The van der Waals surface area contributed by atoms with E-state index in [0.717, 1.165) is 23.7 Å². The molecule has 1 heteroatoms. The summed E-state index contributed by atoms with van der Waals surface area (Å²) >= 11 is 0. The highest BCUT2D eigenvalue weighted by molar-refractivity contribution is 5.31. The topological polar surface area (TPSA) is 12.5 Å². The van der Waals surface area contributed by atoms with Crippen LogP contribution in [-0.2, 0) is 4.74 Å². The second kappa shape index (κ2) is 1.34. The van der Waals surface area contributed by atoms with Gasteiger partial charge in [0.2, 0.25) is 0 Å². The average Bonchev–Trinajstić information content (AvgIpc) is 2.49. The number of fused-ring (bicyclic) bond motifs is 3. The molecule has 11 heavy (non-hydrogen) atoms. The predicted molar refractivity (Wildman–Crippen MR) is 40.9 cm³/mol. The van der Waals surface area contributed by atoms with Gasteiger partial charge in [-0.25, -0.2) is 0 Å². The molecule has 0 aromatic heterocycles. The summed E-state index contributed by atoms with van der Waals surface area (Å²) in [5.74, 6) is 3.20. The van der Waals surface area contributed by atoms with E-state index in [9.17, 15) is 0 Å². The van der Waals surface area contributed by atoms with Gasteiger partial charge in [-0.1, -0.05) is 24.3 Å². The molecule has 2 fully saturated rings. The second-order valence-electron chi connectivity index (χ2n) is 4.14. The van der Waals surface area contributed by atoms with Gasteiger partial charge in [-0.2, -0.15) is 0 Å². The molecule has 0 N–H and O–H groups in total. The molecule has 0 amide bonds. The molecule has 0 aromatic carbocycles. The van der Waals surface area contributed by atoms with Crippen LogP contribution in [-0.4, -0.2) is 12.2 Å². The lowest BCUT2D eigenvalue weighted by atomic mass is 9.89. The maximum atomic E-state index is 5.59. The SMILES string of the molecule is C1=CC2C3C1C=CC3[C@@H]1O[C@H]21. The van der Waals surface area contributed by atoms with Crippen molar-refractivity contribution < 1.29 is 4.74 Å². The van der Waals surface area contributed by atoms with Crippen LogP contribution in [0, 0.1) is 23.7 Å². The lowest BCUT2D eigenvalue weighted by molar-refractivity contribution is 0.197. The minimum absolute atomic E-state index is 0.608. The first kappa shape index (κ1) is 5.15. The number of hydrogen-bond donors (Lipinski definition) is 0. The van der Waals surface area contributed by atoms with E-state index in [2.05, 4.69) is 24.3 Å². The first-order chi connectivity index (χ1) is 5.45. The molecule has 3 aliphatic carbocycles. The number of allylic oxidation sites excluding steroid dienone is 2. The summed E-state index contributed by atoms with van der Waals surface area (Å²) < 4.78 is 5.59. The quantitative estimate of drug-likeness (QED) is 0.371. The Labute approximate surface area is 65.7 Å². The molecule has 4 rings (SSSR count). The zero-order chi connectivity index (χ0) is 7.00. The third-order valence-electron chi connectivity index (χ3n) is 3.76. The Hall–Kier alpha value is -0.560. The van der Waals surface area contributed by atoms with Gasteiger partial charge in [0.05, 0.1) is 12.2 Å². The van der Waals surface area contributed by atoms with Crippen molar-refractivity contribution in [2.45, 2.75) is 12.2 Å². The Morgan fingerprint density at radius 1 is 0.818 bits per heavy atom. The monoisotopic (exact) mass is 146 g/mol. The van der Waals surface area contributed by atoms with Gasteiger partial charge in [-0.05, 0) is 11.8 Å². The van der Waals surface area contributed by atoms with Crippen LogP contribution in [0.5, 0.6) is 0 Å². The van der Waals surface area contributed by atoms with Crippen LogP contribution >= 0.6 is 0 Å². The number of epoxide rings is 1. The van der Waals surface area contributed by atoms with E-state index >= 15 is 0 Å². The highest BCUT2D eigenvalue weighted by Crippen LogP contribution is 2.60. The first-order valence-corrected chi connectivity index (χ1v) is 4.47. The van der Waals surface area contributed by atoms with Crippen molar-refractivity contribution in [2.24, 2.45) is 23.7 Å². The molecule has 0 radical (unpaired) electrons. The van der Waals surface area contributed by atoms with Crippen LogP contribution in [0.25, 0.3) is 0 Å². The van der Waals surface area contributed by atoms with E-state index in [1.807, 2.05) is 0 Å². The molecule has 1 aliphatic heterocycles. The summed E-state index contributed by atoms with van der Waals surface area (Å²) in [6.45, 7) is 0. The van der Waals surface area contributed by atoms with Gasteiger partial charge >= 0.3 is 0 Å². The van der Waals surface area contributed by atoms with E-state index in [1.165, 1.54) is 0 Å². The highest BCUT2D eigenvalue weighted by atomic mass is 16.6. The fourth-order valence-electron chi connectivity index (χ4n) is 3.27. The maximum absolute atomic E-state index is 5.59. The molecule has 0 spiro atoms. The van der Waals surface area contributed by atoms with Crippen molar-refractivity contribution in [2.75, 3.05) is 0 Å². The van der Waals surface area contributed by atoms with Crippen LogP contribution < -0.4 is 0 Å². The second-order valence-corrected chi connectivity index (χ2v) is 4.14. The zero-order valence-electron chi connectivity index (χ0n) is 6.18. The fraction of sp³-hybridized carbons (Fsp3) is 0.600. The molecule has 1 saturated carbocycles. The summed E-state index contributed by atoms with van der Waals surface area (Å²) in [5.41, 5.74) is 0. The predicted octanol–water partition coefficient (Wildman–Crippen LogP) is 1.37. The van der Waals surface area contributed by atoms with Gasteiger partial charge in [0.15, 0.2) is 0 Å². The van der Waals surface area contributed by atoms with Crippen molar-refractivity contribution in [1.29, 1.82) is 0 Å². The minimum Gasteiger partial charge on any atom is -0.368 e. The normalized spacial score (nSPS) is 66.9. The molecule has 4 aliphatic rings. The molecule has 0 aromatic rings. The molecule has 1 saturated heterocycles. The van der Waals surface area contributed by atoms with E-state index in [4.69, 9.17) is 4.74 Å². The van der Waals surface area contributed by atoms with Gasteiger partial charge in [0.25, 0.3) is 0 Å². The van der Waals surface area contributed by atoms with Gasteiger partial charge in [0, 0.05) is 11.8 Å². The molecule has 1 nitrogen and oxygen atoms in total. The van der Waals surface area contributed by atoms with E-state index < -0.39 is 0 Å². The van der Waals surface area contributed by atoms with Crippen LogP contribution in [0.4, 0.5) is 0 Å². The molecule has 4 unspecified atom stereocenters. The molecule has 56 valence electrons. The lowest BCUT2D eigenvalue weighted by Gasteiger charge is -2.17. The molecule has 6 atom stereocenters. The third-order valence-corrected chi connectivity index (χ3v) is 3.76. The van der Waals surface area contributed by atoms with Gasteiger partial charge in [0.1, 0.15) is 0 Å². The Morgan fingerprint density at radius 3 is 2.09 bits per heavy atom. The lowest BCUT2D eigenvalue weighted by Crippen LogP contribution is -2.16. The summed E-state index contributed by atoms with van der Waals surface area (Å²) in [7, 11) is 0. The largest absolute Gasteiger partial charge is 0.368 e. The summed E-state index contributed by atoms with van der Waals surface area (Å²) in [6, 6.07) is 0. The van der Waals surface area contributed by atoms with Crippen molar-refractivity contribution >= 4 is 0 Å². The summed E-state index contributed by atoms with van der Waals surface area (Å²) in [5, 5.41) is 0. The number of rotatable bonds is 0. The van der Waals surface area contributed by atoms with Crippen LogP contribution in [0.1, 0.15) is 0 Å². The van der Waals surface area contributed by atoms with Crippen LogP contribution in [0.3, 0.4) is 0 Å². The van der Waals surface area contributed by atoms with Crippen molar-refractivity contribution in [3.8, 4) is 0 Å². The Balaban J connectivity index is 1.92. The Kier molecular flexibility index (Phi) is 0.625. The van der Waals surface area contributed by atoms with E-state index in [0.29, 0.717) is 12.2 Å². The average molecular weight is 146 g/mol.